The maximum absolute atomic E-state index is 12.2. The molecule has 2 amide bonds. The molecule has 1 aliphatic heterocycles. The first-order valence-electron chi connectivity index (χ1n) is 7.84. The first kappa shape index (κ1) is 16.5. The Morgan fingerprint density at radius 3 is 2.96 bits per heavy atom. The van der Waals surface area contributed by atoms with Gasteiger partial charge in [0.2, 0.25) is 5.91 Å². The highest BCUT2D eigenvalue weighted by molar-refractivity contribution is 6.30. The Balaban J connectivity index is 1.54. The van der Waals surface area contributed by atoms with E-state index in [1.165, 1.54) is 4.68 Å². The lowest BCUT2D eigenvalue weighted by Gasteiger charge is -2.17. The van der Waals surface area contributed by atoms with Crippen LogP contribution >= 0.6 is 11.6 Å². The van der Waals surface area contributed by atoms with Crippen molar-refractivity contribution in [3.63, 3.8) is 0 Å². The molecule has 6 nitrogen and oxygen atoms in total. The highest BCUT2D eigenvalue weighted by Crippen LogP contribution is 2.15. The van der Waals surface area contributed by atoms with Crippen molar-refractivity contribution < 1.29 is 9.59 Å². The number of amides is 2. The summed E-state index contributed by atoms with van der Waals surface area (Å²) in [7, 11) is 1.71. The van der Waals surface area contributed by atoms with Crippen LogP contribution in [-0.4, -0.2) is 45.6 Å². The van der Waals surface area contributed by atoms with Crippen LogP contribution in [0.5, 0.6) is 0 Å². The van der Waals surface area contributed by atoms with Gasteiger partial charge in [0.15, 0.2) is 0 Å². The zero-order valence-electron chi connectivity index (χ0n) is 13.4. The lowest BCUT2D eigenvalue weighted by molar-refractivity contribution is -0.127. The minimum Gasteiger partial charge on any atom is -0.346 e. The summed E-state index contributed by atoms with van der Waals surface area (Å²) in [6, 6.07) is 9.12. The number of aromatic nitrogens is 2. The van der Waals surface area contributed by atoms with Crippen molar-refractivity contribution in [2.75, 3.05) is 13.1 Å². The van der Waals surface area contributed by atoms with E-state index in [2.05, 4.69) is 10.4 Å². The molecule has 0 bridgehead atoms. The number of halogens is 1. The normalized spacial score (nSPS) is 17.3. The van der Waals surface area contributed by atoms with E-state index in [0.29, 0.717) is 30.2 Å². The van der Waals surface area contributed by atoms with Crippen molar-refractivity contribution >= 4 is 23.4 Å². The zero-order valence-corrected chi connectivity index (χ0v) is 14.2. The van der Waals surface area contributed by atoms with Crippen LogP contribution in [0.3, 0.4) is 0 Å². The first-order valence-corrected chi connectivity index (χ1v) is 8.22. The molecule has 0 radical (unpaired) electrons. The third-order valence-corrected chi connectivity index (χ3v) is 4.40. The van der Waals surface area contributed by atoms with Gasteiger partial charge in [0.05, 0.1) is 6.04 Å². The van der Waals surface area contributed by atoms with Crippen LogP contribution in [0.15, 0.2) is 36.5 Å². The van der Waals surface area contributed by atoms with Gasteiger partial charge in [-0.1, -0.05) is 23.7 Å². The van der Waals surface area contributed by atoms with Gasteiger partial charge in [-0.25, -0.2) is 0 Å². The molecule has 1 N–H and O–H groups in total. The third-order valence-electron chi connectivity index (χ3n) is 4.16. The Labute approximate surface area is 145 Å². The average Bonchev–Trinajstić information content (AvgIpc) is 3.11. The quantitative estimate of drug-likeness (QED) is 0.895. The Hall–Kier alpha value is -2.34. The first-order chi connectivity index (χ1) is 11.5. The molecular weight excluding hydrogens is 328 g/mol. The second-order valence-corrected chi connectivity index (χ2v) is 6.37. The molecule has 1 saturated heterocycles. The summed E-state index contributed by atoms with van der Waals surface area (Å²) >= 11 is 5.98. The summed E-state index contributed by atoms with van der Waals surface area (Å²) in [6.45, 7) is 1.15. The fourth-order valence-electron chi connectivity index (χ4n) is 2.90. The molecular formula is C17H19ClN4O2. The van der Waals surface area contributed by atoms with Crippen LogP contribution in [0.2, 0.25) is 5.02 Å². The molecule has 1 atom stereocenters. The van der Waals surface area contributed by atoms with Crippen molar-refractivity contribution in [1.29, 1.82) is 0 Å². The molecule has 0 saturated carbocycles. The lowest BCUT2D eigenvalue weighted by Crippen LogP contribution is -2.38. The van der Waals surface area contributed by atoms with Crippen LogP contribution < -0.4 is 5.32 Å². The van der Waals surface area contributed by atoms with Crippen molar-refractivity contribution in [2.24, 2.45) is 7.05 Å². The van der Waals surface area contributed by atoms with Gasteiger partial charge in [-0.05, 0) is 30.2 Å². The van der Waals surface area contributed by atoms with E-state index in [0.717, 1.165) is 12.0 Å². The summed E-state index contributed by atoms with van der Waals surface area (Å²) < 4.78 is 1.52. The van der Waals surface area contributed by atoms with E-state index in [-0.39, 0.29) is 17.9 Å². The molecule has 1 aromatic heterocycles. The fraction of sp³-hybridized carbons (Fsp3) is 0.353. The van der Waals surface area contributed by atoms with Gasteiger partial charge in [0.25, 0.3) is 5.91 Å². The highest BCUT2D eigenvalue weighted by atomic mass is 35.5. The van der Waals surface area contributed by atoms with Gasteiger partial charge in [0.1, 0.15) is 5.69 Å². The number of hydrogen-bond donors (Lipinski definition) is 1. The second kappa shape index (κ2) is 7.05. The van der Waals surface area contributed by atoms with Crippen LogP contribution in [0.25, 0.3) is 0 Å². The molecule has 1 aliphatic rings. The third kappa shape index (κ3) is 3.76. The Morgan fingerprint density at radius 1 is 1.42 bits per heavy atom. The number of carbonyl (C=O) groups excluding carboxylic acids is 2. The lowest BCUT2D eigenvalue weighted by atomic mass is 10.1. The topological polar surface area (TPSA) is 67.2 Å². The molecule has 2 heterocycles. The molecule has 1 fully saturated rings. The fourth-order valence-corrected chi connectivity index (χ4v) is 3.11. The van der Waals surface area contributed by atoms with E-state index in [1.54, 1.807) is 24.2 Å². The van der Waals surface area contributed by atoms with Crippen molar-refractivity contribution in [3.8, 4) is 0 Å². The second-order valence-electron chi connectivity index (χ2n) is 5.93. The van der Waals surface area contributed by atoms with Crippen LogP contribution in [-0.2, 0) is 18.3 Å². The summed E-state index contributed by atoms with van der Waals surface area (Å²) in [4.78, 5) is 26.1. The number of likely N-dealkylation sites (tertiary alicyclic amines) is 1. The molecule has 1 aromatic carbocycles. The Morgan fingerprint density at radius 2 is 2.25 bits per heavy atom. The highest BCUT2D eigenvalue weighted by Gasteiger charge is 2.30. The molecule has 24 heavy (non-hydrogen) atoms. The van der Waals surface area contributed by atoms with Gasteiger partial charge in [-0.15, -0.1) is 0 Å². The van der Waals surface area contributed by atoms with Gasteiger partial charge in [-0.3, -0.25) is 14.3 Å². The largest absolute Gasteiger partial charge is 0.346 e. The van der Waals surface area contributed by atoms with Crippen molar-refractivity contribution in [2.45, 2.75) is 18.9 Å². The van der Waals surface area contributed by atoms with Gasteiger partial charge >= 0.3 is 0 Å². The van der Waals surface area contributed by atoms with Crippen molar-refractivity contribution in [3.05, 3.63) is 52.8 Å². The molecule has 2 aromatic rings. The number of nitrogens with one attached hydrogen (secondary N) is 1. The predicted octanol–water partition coefficient (Wildman–Crippen LogP) is 1.65. The summed E-state index contributed by atoms with van der Waals surface area (Å²) in [5.74, 6) is -0.142. The van der Waals surface area contributed by atoms with E-state index in [4.69, 9.17) is 11.6 Å². The molecule has 126 valence electrons. The van der Waals surface area contributed by atoms with Crippen LogP contribution in [0.4, 0.5) is 0 Å². The molecule has 0 aliphatic carbocycles. The van der Waals surface area contributed by atoms with Crippen LogP contribution in [0, 0.1) is 0 Å². The standard InChI is InChI=1S/C17H19ClN4O2/c1-21-15(5-7-19-21)17(24)20-14-10-16(23)22(11-14)8-6-12-3-2-4-13(18)9-12/h2-5,7,9,14H,6,8,10-11H2,1H3,(H,20,24)/t14-/m1/s1. The smallest absolute Gasteiger partial charge is 0.269 e. The number of benzene rings is 1. The summed E-state index contributed by atoms with van der Waals surface area (Å²) in [5.41, 5.74) is 1.58. The average molecular weight is 347 g/mol. The summed E-state index contributed by atoms with van der Waals surface area (Å²) in [5, 5.41) is 7.58. The Bertz CT molecular complexity index is 759. The molecule has 7 heteroatoms. The Kier molecular flexibility index (Phi) is 4.85. The van der Waals surface area contributed by atoms with Gasteiger partial charge < -0.3 is 10.2 Å². The maximum atomic E-state index is 12.2. The van der Waals surface area contributed by atoms with Crippen LogP contribution in [0.1, 0.15) is 22.5 Å². The molecule has 0 spiro atoms. The maximum Gasteiger partial charge on any atom is 0.269 e. The minimum absolute atomic E-state index is 0.0623. The SMILES string of the molecule is Cn1nccc1C(=O)N[C@@H]1CC(=O)N(CCc2cccc(Cl)c2)C1. The van der Waals surface area contributed by atoms with E-state index < -0.39 is 0 Å². The molecule has 3 rings (SSSR count). The molecule has 0 unspecified atom stereocenters. The van der Waals surface area contributed by atoms with Crippen molar-refractivity contribution in [1.82, 2.24) is 20.0 Å². The zero-order chi connectivity index (χ0) is 17.1. The minimum atomic E-state index is -0.204. The number of carbonyl (C=O) groups is 2. The van der Waals surface area contributed by atoms with Gasteiger partial charge in [0, 0.05) is 37.8 Å². The van der Waals surface area contributed by atoms with E-state index in [9.17, 15) is 9.59 Å². The number of nitrogens with zero attached hydrogens (tertiary/aromatic N) is 3. The monoisotopic (exact) mass is 346 g/mol. The van der Waals surface area contributed by atoms with E-state index >= 15 is 0 Å². The van der Waals surface area contributed by atoms with E-state index in [1.807, 2.05) is 24.3 Å². The number of hydrogen-bond acceptors (Lipinski definition) is 3. The summed E-state index contributed by atoms with van der Waals surface area (Å²) in [6.07, 6.45) is 2.65. The van der Waals surface area contributed by atoms with Gasteiger partial charge in [-0.2, -0.15) is 5.10 Å². The number of rotatable bonds is 5. The number of aryl methyl sites for hydroxylation is 1. The predicted molar refractivity (Wildman–Crippen MR) is 90.8 cm³/mol.